The van der Waals surface area contributed by atoms with Crippen molar-refractivity contribution in [1.29, 1.82) is 0 Å². The summed E-state index contributed by atoms with van der Waals surface area (Å²) in [6.45, 7) is 3.73. The lowest BCUT2D eigenvalue weighted by Crippen LogP contribution is -2.28. The van der Waals surface area contributed by atoms with Crippen LogP contribution >= 0.6 is 22.7 Å². The van der Waals surface area contributed by atoms with E-state index >= 15 is 0 Å². The van der Waals surface area contributed by atoms with Crippen molar-refractivity contribution in [2.75, 3.05) is 6.54 Å². The third-order valence-electron chi connectivity index (χ3n) is 3.87. The van der Waals surface area contributed by atoms with Gasteiger partial charge in [-0.2, -0.15) is 11.3 Å². The fraction of sp³-hybridized carbons (Fsp3) is 0.211. The van der Waals surface area contributed by atoms with Crippen LogP contribution in [-0.4, -0.2) is 17.8 Å². The van der Waals surface area contributed by atoms with Crippen LogP contribution in [0.4, 0.5) is 0 Å². The Bertz CT molecular complexity index is 943. The molecule has 0 aliphatic heterocycles. The van der Waals surface area contributed by atoms with Gasteiger partial charge in [0.05, 0.1) is 0 Å². The maximum Gasteiger partial charge on any atom is 0.178 e. The van der Waals surface area contributed by atoms with Gasteiger partial charge in [0.25, 0.3) is 0 Å². The van der Waals surface area contributed by atoms with E-state index in [0.29, 0.717) is 0 Å². The van der Waals surface area contributed by atoms with Gasteiger partial charge in [-0.3, -0.25) is 0 Å². The number of hydrogen-bond acceptors (Lipinski definition) is 6. The van der Waals surface area contributed by atoms with Crippen LogP contribution in [-0.2, 0) is 6.54 Å². The van der Waals surface area contributed by atoms with E-state index in [1.165, 1.54) is 5.56 Å². The second-order valence-electron chi connectivity index (χ2n) is 5.86. The van der Waals surface area contributed by atoms with Crippen molar-refractivity contribution in [1.82, 2.24) is 10.5 Å². The van der Waals surface area contributed by atoms with Crippen LogP contribution in [0.15, 0.2) is 57.1 Å². The molecule has 0 aliphatic carbocycles. The maximum absolute atomic E-state index is 6.05. The zero-order chi connectivity index (χ0) is 17.1. The van der Waals surface area contributed by atoms with E-state index in [0.717, 1.165) is 40.4 Å². The van der Waals surface area contributed by atoms with Gasteiger partial charge in [0.1, 0.15) is 22.2 Å². The van der Waals surface area contributed by atoms with Gasteiger partial charge >= 0.3 is 0 Å². The first-order valence-corrected chi connectivity index (χ1v) is 9.93. The Labute approximate surface area is 154 Å². The van der Waals surface area contributed by atoms with Gasteiger partial charge in [0, 0.05) is 18.7 Å². The Morgan fingerprint density at radius 3 is 3.08 bits per heavy atom. The summed E-state index contributed by atoms with van der Waals surface area (Å²) >= 11 is 3.36. The smallest absolute Gasteiger partial charge is 0.178 e. The molecule has 1 unspecified atom stereocenters. The summed E-state index contributed by atoms with van der Waals surface area (Å²) in [4.78, 5) is 0. The minimum atomic E-state index is 0.0768. The lowest BCUT2D eigenvalue weighted by atomic mass is 10.1. The van der Waals surface area contributed by atoms with Crippen LogP contribution < -0.4 is 10.1 Å². The number of ether oxygens (including phenoxy) is 1. The average Bonchev–Trinajstić information content (AvgIpc) is 3.33. The van der Waals surface area contributed by atoms with Gasteiger partial charge in [-0.25, -0.2) is 0 Å². The highest BCUT2D eigenvalue weighted by Crippen LogP contribution is 2.33. The molecule has 1 N–H and O–H groups in total. The summed E-state index contributed by atoms with van der Waals surface area (Å²) in [5.41, 5.74) is 4.03. The summed E-state index contributed by atoms with van der Waals surface area (Å²) in [5, 5.41) is 13.9. The Morgan fingerprint density at radius 1 is 1.24 bits per heavy atom. The second kappa shape index (κ2) is 7.39. The molecule has 4 rings (SSSR count). The molecule has 3 heterocycles. The predicted octanol–water partition coefficient (Wildman–Crippen LogP) is 5.17. The van der Waals surface area contributed by atoms with Crippen molar-refractivity contribution in [3.63, 3.8) is 0 Å². The van der Waals surface area contributed by atoms with Gasteiger partial charge in [-0.1, -0.05) is 17.3 Å². The summed E-state index contributed by atoms with van der Waals surface area (Å²) < 4.78 is 12.5. The molecule has 0 amide bonds. The minimum absolute atomic E-state index is 0.0768. The normalized spacial score (nSPS) is 12.5. The summed E-state index contributed by atoms with van der Waals surface area (Å²) in [7, 11) is 0. The lowest BCUT2D eigenvalue weighted by Gasteiger charge is -2.15. The van der Waals surface area contributed by atoms with Crippen LogP contribution in [0.1, 0.15) is 12.5 Å². The molecule has 0 saturated heterocycles. The fourth-order valence-corrected chi connectivity index (χ4v) is 4.15. The molecule has 1 aromatic carbocycles. The quantitative estimate of drug-likeness (QED) is 0.487. The number of nitrogens with zero attached hydrogens (tertiary/aromatic N) is 1. The van der Waals surface area contributed by atoms with Crippen molar-refractivity contribution in [3.05, 3.63) is 58.1 Å². The van der Waals surface area contributed by atoms with E-state index in [9.17, 15) is 0 Å². The Hall–Kier alpha value is -2.15. The van der Waals surface area contributed by atoms with Crippen molar-refractivity contribution in [2.45, 2.75) is 19.6 Å². The highest BCUT2D eigenvalue weighted by Gasteiger charge is 2.13. The zero-order valence-corrected chi connectivity index (χ0v) is 15.4. The van der Waals surface area contributed by atoms with Gasteiger partial charge in [-0.15, -0.1) is 11.3 Å². The van der Waals surface area contributed by atoms with Crippen molar-refractivity contribution in [3.8, 4) is 17.0 Å². The molecule has 4 nitrogen and oxygen atoms in total. The molecule has 0 radical (unpaired) electrons. The van der Waals surface area contributed by atoms with Crippen LogP contribution in [0.2, 0.25) is 0 Å². The molecule has 0 aliphatic rings. The monoisotopic (exact) mass is 370 g/mol. The largest absolute Gasteiger partial charge is 0.489 e. The topological polar surface area (TPSA) is 47.3 Å². The molecule has 4 aromatic rings. The Kier molecular flexibility index (Phi) is 4.83. The number of rotatable bonds is 7. The third-order valence-corrected chi connectivity index (χ3v) is 5.50. The van der Waals surface area contributed by atoms with Gasteiger partial charge in [-0.05, 0) is 52.9 Å². The summed E-state index contributed by atoms with van der Waals surface area (Å²) in [6, 6.07) is 12.1. The first kappa shape index (κ1) is 16.3. The van der Waals surface area contributed by atoms with E-state index in [4.69, 9.17) is 9.26 Å². The van der Waals surface area contributed by atoms with Gasteiger partial charge < -0.3 is 14.6 Å². The Balaban J connectivity index is 1.40. The highest BCUT2D eigenvalue weighted by molar-refractivity contribution is 7.17. The minimum Gasteiger partial charge on any atom is -0.489 e. The Morgan fingerprint density at radius 2 is 2.20 bits per heavy atom. The standard InChI is InChI=1S/C19H18N2O2S2/c1-13(10-20-11-14-5-7-24-12-14)22-16-4-2-3-15(9-16)18-19-17(23-21-18)6-8-25-19/h2-9,12-13,20H,10-11H2,1H3. The predicted molar refractivity (Wildman–Crippen MR) is 103 cm³/mol. The van der Waals surface area contributed by atoms with Crippen LogP contribution in [0.3, 0.4) is 0 Å². The van der Waals surface area contributed by atoms with E-state index in [1.54, 1.807) is 22.7 Å². The molecule has 6 heteroatoms. The van der Waals surface area contributed by atoms with Crippen LogP contribution in [0.5, 0.6) is 5.75 Å². The molecule has 1 atom stereocenters. The molecule has 3 aromatic heterocycles. The first-order chi connectivity index (χ1) is 12.3. The van der Waals surface area contributed by atoms with Gasteiger partial charge in [0.15, 0.2) is 5.58 Å². The third kappa shape index (κ3) is 3.76. The first-order valence-electron chi connectivity index (χ1n) is 8.11. The van der Waals surface area contributed by atoms with E-state index < -0.39 is 0 Å². The molecular formula is C19H18N2O2S2. The van der Waals surface area contributed by atoms with Crippen molar-refractivity contribution >= 4 is 33.0 Å². The number of fused-ring (bicyclic) bond motifs is 1. The highest BCUT2D eigenvalue weighted by atomic mass is 32.1. The summed E-state index contributed by atoms with van der Waals surface area (Å²) in [6.07, 6.45) is 0.0768. The SMILES string of the molecule is CC(CNCc1ccsc1)Oc1cccc(-c2noc3ccsc23)c1. The van der Waals surface area contributed by atoms with Crippen molar-refractivity contribution in [2.24, 2.45) is 0 Å². The van der Waals surface area contributed by atoms with E-state index in [1.807, 2.05) is 35.7 Å². The number of hydrogen-bond donors (Lipinski definition) is 1. The number of nitrogens with one attached hydrogen (secondary N) is 1. The lowest BCUT2D eigenvalue weighted by molar-refractivity contribution is 0.217. The zero-order valence-electron chi connectivity index (χ0n) is 13.8. The maximum atomic E-state index is 6.05. The van der Waals surface area contributed by atoms with Crippen LogP contribution in [0.25, 0.3) is 21.5 Å². The summed E-state index contributed by atoms with van der Waals surface area (Å²) in [5.74, 6) is 0.843. The molecule has 0 fully saturated rings. The van der Waals surface area contributed by atoms with E-state index in [2.05, 4.69) is 34.2 Å². The average molecular weight is 370 g/mol. The fourth-order valence-electron chi connectivity index (χ4n) is 2.67. The number of aromatic nitrogens is 1. The molecule has 0 spiro atoms. The van der Waals surface area contributed by atoms with Gasteiger partial charge in [0.2, 0.25) is 0 Å². The van der Waals surface area contributed by atoms with E-state index in [-0.39, 0.29) is 6.10 Å². The molecular weight excluding hydrogens is 352 g/mol. The molecule has 0 bridgehead atoms. The number of benzene rings is 1. The molecule has 128 valence electrons. The molecule has 25 heavy (non-hydrogen) atoms. The van der Waals surface area contributed by atoms with Crippen LogP contribution in [0, 0.1) is 0 Å². The number of thiophene rings is 2. The second-order valence-corrected chi connectivity index (χ2v) is 7.56. The molecule has 0 saturated carbocycles. The van der Waals surface area contributed by atoms with Crippen molar-refractivity contribution < 1.29 is 9.26 Å².